The second kappa shape index (κ2) is 8.66. The fraction of sp³-hybridized carbons (Fsp3) is 0.421. The second-order valence-corrected chi connectivity index (χ2v) is 9.62. The van der Waals surface area contributed by atoms with E-state index in [9.17, 15) is 13.2 Å². The summed E-state index contributed by atoms with van der Waals surface area (Å²) in [6.45, 7) is 0.140. The van der Waals surface area contributed by atoms with Gasteiger partial charge in [0.15, 0.2) is 26.0 Å². The Hall–Kier alpha value is -2.20. The molecule has 3 rings (SSSR count). The Labute approximate surface area is 177 Å². The van der Waals surface area contributed by atoms with E-state index in [2.05, 4.69) is 15.9 Å². The van der Waals surface area contributed by atoms with Gasteiger partial charge < -0.3 is 23.5 Å². The van der Waals surface area contributed by atoms with E-state index in [1.807, 2.05) is 0 Å². The first kappa shape index (κ1) is 21.5. The van der Waals surface area contributed by atoms with Gasteiger partial charge in [-0.2, -0.15) is 0 Å². The van der Waals surface area contributed by atoms with Gasteiger partial charge in [0.1, 0.15) is 5.76 Å². The fourth-order valence-electron chi connectivity index (χ4n) is 3.36. The summed E-state index contributed by atoms with van der Waals surface area (Å²) in [5.74, 6) is 1.23. The average Bonchev–Trinajstić information content (AvgIpc) is 3.28. The van der Waals surface area contributed by atoms with E-state index < -0.39 is 15.9 Å². The number of hydrogen-bond donors (Lipinski definition) is 0. The van der Waals surface area contributed by atoms with Crippen molar-refractivity contribution in [2.75, 3.05) is 32.8 Å². The number of carbonyl (C=O) groups is 1. The van der Waals surface area contributed by atoms with Gasteiger partial charge in [-0.3, -0.25) is 4.79 Å². The van der Waals surface area contributed by atoms with E-state index in [1.54, 1.807) is 24.3 Å². The predicted octanol–water partition coefficient (Wildman–Crippen LogP) is 2.90. The molecule has 2 heterocycles. The Kier molecular flexibility index (Phi) is 6.42. The number of carbonyl (C=O) groups excluding carboxylic acids is 1. The average molecular weight is 488 g/mol. The molecule has 0 spiro atoms. The molecule has 8 nitrogen and oxygen atoms in total. The van der Waals surface area contributed by atoms with E-state index in [-0.39, 0.29) is 24.0 Å². The number of hydrogen-bond acceptors (Lipinski definition) is 7. The number of nitrogens with zero attached hydrogens (tertiary/aromatic N) is 1. The van der Waals surface area contributed by atoms with E-state index in [0.29, 0.717) is 39.7 Å². The molecule has 1 aromatic heterocycles. The van der Waals surface area contributed by atoms with Crippen molar-refractivity contribution in [3.05, 3.63) is 40.3 Å². The van der Waals surface area contributed by atoms with Crippen LogP contribution in [0.15, 0.2) is 33.4 Å². The van der Waals surface area contributed by atoms with Crippen LogP contribution in [-0.4, -0.2) is 58.1 Å². The SMILES string of the molecule is COc1cc(C(=O)N(Cc2ccc(Br)o2)C2CCS(=O)(=O)C2)cc(OC)c1OC. The molecular weight excluding hydrogens is 466 g/mol. The summed E-state index contributed by atoms with van der Waals surface area (Å²) in [5.41, 5.74) is 0.300. The van der Waals surface area contributed by atoms with Crippen LogP contribution < -0.4 is 14.2 Å². The molecule has 158 valence electrons. The zero-order valence-corrected chi connectivity index (χ0v) is 18.7. The van der Waals surface area contributed by atoms with Gasteiger partial charge in [-0.1, -0.05) is 0 Å². The molecule has 1 aromatic carbocycles. The Morgan fingerprint density at radius 3 is 2.28 bits per heavy atom. The highest BCUT2D eigenvalue weighted by Gasteiger charge is 2.36. The van der Waals surface area contributed by atoms with Gasteiger partial charge in [0.05, 0.1) is 39.4 Å². The summed E-state index contributed by atoms with van der Waals surface area (Å²) >= 11 is 3.25. The largest absolute Gasteiger partial charge is 0.493 e. The first-order chi connectivity index (χ1) is 13.8. The lowest BCUT2D eigenvalue weighted by molar-refractivity contribution is 0.0664. The van der Waals surface area contributed by atoms with Crippen molar-refractivity contribution in [3.8, 4) is 17.2 Å². The van der Waals surface area contributed by atoms with Gasteiger partial charge in [-0.25, -0.2) is 8.42 Å². The summed E-state index contributed by atoms with van der Waals surface area (Å²) in [4.78, 5) is 14.9. The van der Waals surface area contributed by atoms with Crippen molar-refractivity contribution < 1.29 is 31.8 Å². The summed E-state index contributed by atoms with van der Waals surface area (Å²) < 4.78 is 46.1. The van der Waals surface area contributed by atoms with Gasteiger partial charge in [0.25, 0.3) is 5.91 Å². The number of sulfone groups is 1. The molecule has 2 aromatic rings. The second-order valence-electron chi connectivity index (χ2n) is 6.61. The van der Waals surface area contributed by atoms with Gasteiger partial charge in [0, 0.05) is 11.6 Å². The maximum Gasteiger partial charge on any atom is 0.254 e. The minimum absolute atomic E-state index is 0.0541. The predicted molar refractivity (Wildman–Crippen MR) is 109 cm³/mol. The molecule has 0 aliphatic carbocycles. The minimum atomic E-state index is -3.18. The maximum absolute atomic E-state index is 13.4. The van der Waals surface area contributed by atoms with Crippen LogP contribution in [0.3, 0.4) is 0 Å². The first-order valence-corrected chi connectivity index (χ1v) is 11.4. The Morgan fingerprint density at radius 1 is 1.17 bits per heavy atom. The summed E-state index contributed by atoms with van der Waals surface area (Å²) in [5, 5.41) is 0. The Balaban J connectivity index is 1.99. The first-order valence-electron chi connectivity index (χ1n) is 8.83. The lowest BCUT2D eigenvalue weighted by Gasteiger charge is -2.28. The number of methoxy groups -OCH3 is 3. The topological polar surface area (TPSA) is 95.3 Å². The number of halogens is 1. The third-order valence-corrected chi connectivity index (χ3v) is 6.95. The summed E-state index contributed by atoms with van der Waals surface area (Å²) in [7, 11) is 1.23. The number of benzene rings is 1. The molecule has 1 unspecified atom stereocenters. The molecule has 1 saturated heterocycles. The standard InChI is InChI=1S/C19H22BrNO7S/c1-25-15-8-12(9-16(26-2)18(15)27-3)19(22)21(10-14-4-5-17(20)28-14)13-6-7-29(23,24)11-13/h4-5,8-9,13H,6-7,10-11H2,1-3H3. The Bertz CT molecular complexity index is 977. The van der Waals surface area contributed by atoms with E-state index in [4.69, 9.17) is 18.6 Å². The van der Waals surface area contributed by atoms with Crippen molar-refractivity contribution in [2.45, 2.75) is 19.0 Å². The van der Waals surface area contributed by atoms with Crippen molar-refractivity contribution in [2.24, 2.45) is 0 Å². The Morgan fingerprint density at radius 2 is 1.83 bits per heavy atom. The highest BCUT2D eigenvalue weighted by Crippen LogP contribution is 2.39. The van der Waals surface area contributed by atoms with Gasteiger partial charge >= 0.3 is 0 Å². The van der Waals surface area contributed by atoms with Gasteiger partial charge in [-0.15, -0.1) is 0 Å². The van der Waals surface area contributed by atoms with Crippen LogP contribution in [0.1, 0.15) is 22.5 Å². The van der Waals surface area contributed by atoms with Crippen LogP contribution in [-0.2, 0) is 16.4 Å². The summed E-state index contributed by atoms with van der Waals surface area (Å²) in [6.07, 6.45) is 0.375. The smallest absolute Gasteiger partial charge is 0.254 e. The molecule has 1 atom stereocenters. The molecule has 0 radical (unpaired) electrons. The zero-order chi connectivity index (χ0) is 21.2. The quantitative estimate of drug-likeness (QED) is 0.592. The normalized spacial score (nSPS) is 17.7. The fourth-order valence-corrected chi connectivity index (χ4v) is 5.43. The van der Waals surface area contributed by atoms with Crippen molar-refractivity contribution >= 4 is 31.7 Å². The van der Waals surface area contributed by atoms with Crippen LogP contribution in [0, 0.1) is 0 Å². The lowest BCUT2D eigenvalue weighted by atomic mass is 10.1. The van der Waals surface area contributed by atoms with Crippen LogP contribution in [0.2, 0.25) is 0 Å². The van der Waals surface area contributed by atoms with Crippen LogP contribution in [0.4, 0.5) is 0 Å². The van der Waals surface area contributed by atoms with Crippen molar-refractivity contribution in [1.29, 1.82) is 0 Å². The molecule has 0 N–H and O–H groups in total. The lowest BCUT2D eigenvalue weighted by Crippen LogP contribution is -2.40. The molecular formula is C19H22BrNO7S. The monoisotopic (exact) mass is 487 g/mol. The molecule has 1 amide bonds. The molecule has 10 heteroatoms. The third-order valence-electron chi connectivity index (χ3n) is 4.78. The molecule has 29 heavy (non-hydrogen) atoms. The molecule has 1 aliphatic rings. The minimum Gasteiger partial charge on any atom is -0.493 e. The van der Waals surface area contributed by atoms with E-state index in [0.717, 1.165) is 0 Å². The van der Waals surface area contributed by atoms with Crippen LogP contribution in [0.25, 0.3) is 0 Å². The third kappa shape index (κ3) is 4.69. The van der Waals surface area contributed by atoms with E-state index >= 15 is 0 Å². The van der Waals surface area contributed by atoms with Crippen LogP contribution >= 0.6 is 15.9 Å². The highest BCUT2D eigenvalue weighted by molar-refractivity contribution is 9.10. The van der Waals surface area contributed by atoms with Crippen LogP contribution in [0.5, 0.6) is 17.2 Å². The number of ether oxygens (including phenoxy) is 3. The molecule has 0 bridgehead atoms. The van der Waals surface area contributed by atoms with Crippen molar-refractivity contribution in [3.63, 3.8) is 0 Å². The highest BCUT2D eigenvalue weighted by atomic mass is 79.9. The number of rotatable bonds is 7. The maximum atomic E-state index is 13.4. The number of furan rings is 1. The zero-order valence-electron chi connectivity index (χ0n) is 16.3. The van der Waals surface area contributed by atoms with Gasteiger partial charge in [0.2, 0.25) is 5.75 Å². The molecule has 1 fully saturated rings. The number of amides is 1. The van der Waals surface area contributed by atoms with E-state index in [1.165, 1.54) is 26.2 Å². The summed E-state index contributed by atoms with van der Waals surface area (Å²) in [6, 6.07) is 6.12. The molecule has 0 saturated carbocycles. The molecule has 1 aliphatic heterocycles. The van der Waals surface area contributed by atoms with Crippen molar-refractivity contribution in [1.82, 2.24) is 4.90 Å². The van der Waals surface area contributed by atoms with Gasteiger partial charge in [-0.05, 0) is 46.6 Å².